The molecule has 0 aromatic carbocycles. The molecule has 0 rings (SSSR count). The number of carbonyl (C=O) groups excluding carboxylic acids is 1. The Morgan fingerprint density at radius 2 is 2.09 bits per heavy atom. The van der Waals surface area contributed by atoms with E-state index in [4.69, 9.17) is 10.2 Å². The predicted molar refractivity (Wildman–Crippen MR) is 38.1 cm³/mol. The van der Waals surface area contributed by atoms with Gasteiger partial charge in [0.15, 0.2) is 0 Å². The molecule has 0 saturated heterocycles. The molecule has 0 radical (unpaired) electrons. The van der Waals surface area contributed by atoms with Crippen molar-refractivity contribution in [1.82, 2.24) is 5.32 Å². The van der Waals surface area contributed by atoms with Crippen molar-refractivity contribution in [3.8, 4) is 0 Å². The number of rotatable bonds is 5. The lowest BCUT2D eigenvalue weighted by Gasteiger charge is -2.03. The van der Waals surface area contributed by atoms with Crippen LogP contribution in [0, 0.1) is 0 Å². The number of aliphatic hydroxyl groups excluding tert-OH is 2. The molecule has 0 heterocycles. The second-order valence-corrected chi connectivity index (χ2v) is 1.86. The van der Waals surface area contributed by atoms with Crippen molar-refractivity contribution < 1.29 is 19.7 Å². The maximum Gasteiger partial charge on any atom is 0.407 e. The molecule has 0 spiro atoms. The third-order valence-electron chi connectivity index (χ3n) is 0.917. The molecule has 1 amide bonds. The number of amides is 1. The molecule has 0 fully saturated rings. The quantitative estimate of drug-likeness (QED) is 0.458. The van der Waals surface area contributed by atoms with Gasteiger partial charge < -0.3 is 20.3 Å². The first-order valence-electron chi connectivity index (χ1n) is 3.43. The molecule has 0 aliphatic carbocycles. The number of aliphatic hydroxyl groups is 2. The highest BCUT2D eigenvalue weighted by Gasteiger charge is 1.97. The van der Waals surface area contributed by atoms with E-state index in [2.05, 4.69) is 10.1 Å². The van der Waals surface area contributed by atoms with E-state index >= 15 is 0 Å². The Labute approximate surface area is 65.0 Å². The minimum Gasteiger partial charge on any atom is -0.449 e. The molecular weight excluding hydrogens is 150 g/mol. The van der Waals surface area contributed by atoms with Crippen LogP contribution in [0.15, 0.2) is 0 Å². The SMILES string of the molecule is O=C(NCCO)OCCCO. The highest BCUT2D eigenvalue weighted by Crippen LogP contribution is 1.81. The van der Waals surface area contributed by atoms with Crippen LogP contribution < -0.4 is 5.32 Å². The fourth-order valence-corrected chi connectivity index (χ4v) is 0.438. The van der Waals surface area contributed by atoms with Gasteiger partial charge in [0.1, 0.15) is 0 Å². The highest BCUT2D eigenvalue weighted by molar-refractivity contribution is 5.66. The van der Waals surface area contributed by atoms with Crippen molar-refractivity contribution in [3.05, 3.63) is 0 Å². The molecule has 0 saturated carbocycles. The second-order valence-electron chi connectivity index (χ2n) is 1.86. The van der Waals surface area contributed by atoms with Crippen molar-refractivity contribution >= 4 is 6.09 Å². The average molecular weight is 163 g/mol. The fourth-order valence-electron chi connectivity index (χ4n) is 0.438. The zero-order chi connectivity index (χ0) is 8.53. The maximum atomic E-state index is 10.6. The van der Waals surface area contributed by atoms with E-state index in [9.17, 15) is 4.79 Å². The summed E-state index contributed by atoms with van der Waals surface area (Å²) in [5.41, 5.74) is 0. The summed E-state index contributed by atoms with van der Waals surface area (Å²) in [5.74, 6) is 0. The molecule has 0 atom stereocenters. The summed E-state index contributed by atoms with van der Waals surface area (Å²) in [6.45, 7) is 0.300. The van der Waals surface area contributed by atoms with E-state index in [-0.39, 0.29) is 26.4 Å². The number of hydrogen-bond donors (Lipinski definition) is 3. The Hall–Kier alpha value is -0.810. The van der Waals surface area contributed by atoms with Gasteiger partial charge in [-0.2, -0.15) is 0 Å². The van der Waals surface area contributed by atoms with Gasteiger partial charge in [0, 0.05) is 19.6 Å². The summed E-state index contributed by atoms with van der Waals surface area (Å²) < 4.78 is 4.56. The molecule has 5 nitrogen and oxygen atoms in total. The second kappa shape index (κ2) is 7.30. The van der Waals surface area contributed by atoms with Gasteiger partial charge in [-0.25, -0.2) is 4.79 Å². The molecule has 3 N–H and O–H groups in total. The van der Waals surface area contributed by atoms with Crippen LogP contribution in [0.5, 0.6) is 0 Å². The Morgan fingerprint density at radius 1 is 1.36 bits per heavy atom. The highest BCUT2D eigenvalue weighted by atomic mass is 16.5. The van der Waals surface area contributed by atoms with Gasteiger partial charge in [0.25, 0.3) is 0 Å². The van der Waals surface area contributed by atoms with Gasteiger partial charge in [0.2, 0.25) is 0 Å². The third-order valence-corrected chi connectivity index (χ3v) is 0.917. The lowest BCUT2D eigenvalue weighted by Crippen LogP contribution is -2.27. The van der Waals surface area contributed by atoms with Gasteiger partial charge in [-0.15, -0.1) is 0 Å². The first-order chi connectivity index (χ1) is 5.31. The van der Waals surface area contributed by atoms with Gasteiger partial charge in [-0.1, -0.05) is 0 Å². The van der Waals surface area contributed by atoms with Crippen LogP contribution in [-0.2, 0) is 4.74 Å². The van der Waals surface area contributed by atoms with E-state index in [1.165, 1.54) is 0 Å². The van der Waals surface area contributed by atoms with E-state index in [0.29, 0.717) is 6.42 Å². The monoisotopic (exact) mass is 163 g/mol. The van der Waals surface area contributed by atoms with Gasteiger partial charge >= 0.3 is 6.09 Å². The normalized spacial score (nSPS) is 9.27. The number of nitrogens with one attached hydrogen (secondary N) is 1. The molecule has 5 heteroatoms. The minimum absolute atomic E-state index is 0.00722. The van der Waals surface area contributed by atoms with Gasteiger partial charge in [-0.05, 0) is 0 Å². The first kappa shape index (κ1) is 10.2. The summed E-state index contributed by atoms with van der Waals surface area (Å²) in [7, 11) is 0. The van der Waals surface area contributed by atoms with Crippen molar-refractivity contribution in [2.24, 2.45) is 0 Å². The molecular formula is C6H13NO4. The van der Waals surface area contributed by atoms with Gasteiger partial charge in [0.05, 0.1) is 13.2 Å². The molecule has 0 aromatic rings. The van der Waals surface area contributed by atoms with Crippen molar-refractivity contribution in [3.63, 3.8) is 0 Å². The summed E-state index contributed by atoms with van der Waals surface area (Å²) in [6, 6.07) is 0. The summed E-state index contributed by atoms with van der Waals surface area (Å²) in [6.07, 6.45) is -0.125. The van der Waals surface area contributed by atoms with Crippen LogP contribution in [0.1, 0.15) is 6.42 Å². The lowest BCUT2D eigenvalue weighted by molar-refractivity contribution is 0.133. The Morgan fingerprint density at radius 3 is 2.64 bits per heavy atom. The molecule has 11 heavy (non-hydrogen) atoms. The van der Waals surface area contributed by atoms with Crippen LogP contribution in [0.4, 0.5) is 4.79 Å². The van der Waals surface area contributed by atoms with Crippen LogP contribution in [0.2, 0.25) is 0 Å². The zero-order valence-corrected chi connectivity index (χ0v) is 6.25. The van der Waals surface area contributed by atoms with Crippen molar-refractivity contribution in [2.45, 2.75) is 6.42 Å². The molecule has 0 aliphatic heterocycles. The lowest BCUT2D eigenvalue weighted by atomic mass is 10.5. The van der Waals surface area contributed by atoms with Crippen LogP contribution in [-0.4, -0.2) is 42.7 Å². The Balaban J connectivity index is 3.09. The number of carbonyl (C=O) groups is 1. The molecule has 66 valence electrons. The van der Waals surface area contributed by atoms with Crippen molar-refractivity contribution in [2.75, 3.05) is 26.4 Å². The third kappa shape index (κ3) is 7.08. The number of alkyl carbamates (subject to hydrolysis) is 1. The van der Waals surface area contributed by atoms with E-state index in [0.717, 1.165) is 0 Å². The van der Waals surface area contributed by atoms with Crippen LogP contribution in [0.25, 0.3) is 0 Å². The largest absolute Gasteiger partial charge is 0.449 e. The average Bonchev–Trinajstić information content (AvgIpc) is 2.01. The molecule has 0 unspecified atom stereocenters. The van der Waals surface area contributed by atoms with E-state index < -0.39 is 6.09 Å². The zero-order valence-electron chi connectivity index (χ0n) is 6.25. The standard InChI is InChI=1S/C6H13NO4/c8-3-1-5-11-6(10)7-2-4-9/h8-9H,1-5H2,(H,7,10). The molecule has 0 aromatic heterocycles. The summed E-state index contributed by atoms with van der Waals surface area (Å²) in [4.78, 5) is 10.6. The Bertz CT molecular complexity index is 107. The number of hydrogen-bond acceptors (Lipinski definition) is 4. The summed E-state index contributed by atoms with van der Waals surface area (Å²) >= 11 is 0. The predicted octanol–water partition coefficient (Wildman–Crippen LogP) is -0.913. The molecule has 0 bridgehead atoms. The van der Waals surface area contributed by atoms with Crippen LogP contribution >= 0.6 is 0 Å². The molecule has 0 aliphatic rings. The van der Waals surface area contributed by atoms with Crippen LogP contribution in [0.3, 0.4) is 0 Å². The minimum atomic E-state index is -0.562. The van der Waals surface area contributed by atoms with E-state index in [1.54, 1.807) is 0 Å². The maximum absolute atomic E-state index is 10.6. The Kier molecular flexibility index (Phi) is 6.76. The number of ether oxygens (including phenoxy) is 1. The summed E-state index contributed by atoms with van der Waals surface area (Å²) in [5, 5.41) is 18.9. The topological polar surface area (TPSA) is 78.8 Å². The van der Waals surface area contributed by atoms with Gasteiger partial charge in [-0.3, -0.25) is 0 Å². The fraction of sp³-hybridized carbons (Fsp3) is 0.833. The smallest absolute Gasteiger partial charge is 0.407 e. The van der Waals surface area contributed by atoms with Crippen molar-refractivity contribution in [1.29, 1.82) is 0 Å². The first-order valence-corrected chi connectivity index (χ1v) is 3.43. The van der Waals surface area contributed by atoms with E-state index in [1.807, 2.05) is 0 Å².